The van der Waals surface area contributed by atoms with Crippen molar-refractivity contribution >= 4 is 99.2 Å². The van der Waals surface area contributed by atoms with Crippen LogP contribution in [-0.2, 0) is 52.7 Å². The largest absolute Gasteiger partial charge is 0.393 e. The molecule has 532 valence electrons. The number of likely N-dealkylation sites (N-methyl/N-ethyl adjacent to an activating group) is 4. The van der Waals surface area contributed by atoms with E-state index in [1.54, 1.807) is 20.9 Å². The Bertz CT molecular complexity index is 2810. The number of nitrogens with zero attached hydrogens (tertiary/aromatic N) is 6. The zero-order chi connectivity index (χ0) is 69.8. The van der Waals surface area contributed by atoms with E-state index in [2.05, 4.69) is 55.1 Å². The standard InChI is InChI=1S/C68H104ClF3IN11O11/c1-10-12-21-51-58(87)77-56(40(3)11-2)65(94)80(7)42(5)62(91)84-35-31-53(84)59(88)76-50(38-44-23-27-46(73)28-24-44)63(92)79(6)39-54(85)75-49(30-26-43-25-29-47(48(69)37-43)68(70,71)72)64(93)83-34-18-22-52(83)60(89)78-67(32-16-17-33-67)66(95)82(9)57(45-19-14-13-15-20-45)61(90)74-41(4)36-55(86)81(51)8/h1,40-53,56-57H,11-39H2,2-9H3,(H,74,90)(H,75,85)(H,76,88)(H,77,87)(H,78,89)/t40-,41+,42-,43?,44?,46?,47?,48?,49-,50-,51-,52-,53-,56-,57-/m0/s1. The van der Waals surface area contributed by atoms with Crippen LogP contribution in [0.15, 0.2) is 0 Å². The van der Waals surface area contributed by atoms with Crippen LogP contribution in [0.5, 0.6) is 0 Å². The third-order valence-electron chi connectivity index (χ3n) is 21.9. The number of terminal acetylenes is 1. The van der Waals surface area contributed by atoms with Crippen molar-refractivity contribution in [2.75, 3.05) is 47.8 Å². The monoisotopic (exact) mass is 1470 g/mol. The smallest absolute Gasteiger partial charge is 0.351 e. The molecule has 4 saturated carbocycles. The molecule has 7 aliphatic rings. The first-order valence-electron chi connectivity index (χ1n) is 34.9. The molecule has 0 radical (unpaired) electrons. The first-order chi connectivity index (χ1) is 44.9. The molecule has 0 aromatic rings. The van der Waals surface area contributed by atoms with Crippen LogP contribution in [0.4, 0.5) is 13.2 Å². The van der Waals surface area contributed by atoms with Gasteiger partial charge in [-0.05, 0) is 153 Å². The second kappa shape index (κ2) is 34.4. The molecule has 0 aromatic carbocycles. The summed E-state index contributed by atoms with van der Waals surface area (Å²) in [4.78, 5) is 170. The number of fused-ring (bicyclic) bond motifs is 2. The molecule has 95 heavy (non-hydrogen) atoms. The van der Waals surface area contributed by atoms with Crippen LogP contribution in [0.25, 0.3) is 0 Å². The summed E-state index contributed by atoms with van der Waals surface area (Å²) < 4.78 is 42.3. The summed E-state index contributed by atoms with van der Waals surface area (Å²) in [6.45, 7) is 6.46. The second-order valence-electron chi connectivity index (χ2n) is 28.6. The van der Waals surface area contributed by atoms with E-state index >= 15 is 9.59 Å². The Morgan fingerprint density at radius 2 is 1.29 bits per heavy atom. The topological polar surface area (TPSA) is 267 Å². The van der Waals surface area contributed by atoms with Gasteiger partial charge in [0.25, 0.3) is 0 Å². The molecule has 27 heteroatoms. The van der Waals surface area contributed by atoms with Gasteiger partial charge in [0.15, 0.2) is 0 Å². The van der Waals surface area contributed by atoms with Gasteiger partial charge in [-0.25, -0.2) is 0 Å². The molecule has 4 aliphatic carbocycles. The molecule has 7 rings (SSSR count). The molecule has 0 bridgehead atoms. The highest BCUT2D eigenvalue weighted by atomic mass is 127. The summed E-state index contributed by atoms with van der Waals surface area (Å²) in [5.41, 5.74) is -1.48. The summed E-state index contributed by atoms with van der Waals surface area (Å²) in [6, 6.07) is -9.92. The zero-order valence-corrected chi connectivity index (χ0v) is 59.8. The van der Waals surface area contributed by atoms with E-state index in [1.807, 2.05) is 6.92 Å². The minimum Gasteiger partial charge on any atom is -0.351 e. The van der Waals surface area contributed by atoms with Crippen molar-refractivity contribution in [3.8, 4) is 12.3 Å². The highest BCUT2D eigenvalue weighted by Gasteiger charge is 2.52. The maximum absolute atomic E-state index is 15.3. The van der Waals surface area contributed by atoms with E-state index in [1.165, 1.54) is 52.6 Å². The van der Waals surface area contributed by atoms with Crippen molar-refractivity contribution in [2.45, 2.75) is 270 Å². The van der Waals surface area contributed by atoms with E-state index in [-0.39, 0.29) is 114 Å². The molecule has 3 saturated heterocycles. The average Bonchev–Trinajstić information content (AvgIpc) is 1.79. The molecule has 5 N–H and O–H groups in total. The Hall–Kier alpha value is -5.46. The Balaban J connectivity index is 1.22. The molecule has 3 aliphatic heterocycles. The predicted octanol–water partition coefficient (Wildman–Crippen LogP) is 6.12. The lowest BCUT2D eigenvalue weighted by molar-refractivity contribution is -0.182. The lowest BCUT2D eigenvalue weighted by Crippen LogP contribution is -2.65. The van der Waals surface area contributed by atoms with Crippen molar-refractivity contribution < 1.29 is 65.9 Å². The quantitative estimate of drug-likeness (QED) is 0.0945. The van der Waals surface area contributed by atoms with Gasteiger partial charge in [0.05, 0.1) is 12.5 Å². The minimum atomic E-state index is -4.50. The van der Waals surface area contributed by atoms with Gasteiger partial charge in [0.2, 0.25) is 65.0 Å². The number of alkyl halides is 5. The zero-order valence-electron chi connectivity index (χ0n) is 56.9. The highest BCUT2D eigenvalue weighted by molar-refractivity contribution is 14.1. The first-order valence-corrected chi connectivity index (χ1v) is 36.6. The van der Waals surface area contributed by atoms with Crippen LogP contribution >= 0.6 is 34.2 Å². The summed E-state index contributed by atoms with van der Waals surface area (Å²) in [5, 5.41) is 13.5. The normalized spacial score (nSPS) is 33.1. The van der Waals surface area contributed by atoms with E-state index in [9.17, 15) is 56.3 Å². The van der Waals surface area contributed by atoms with Crippen molar-refractivity contribution in [3.63, 3.8) is 0 Å². The van der Waals surface area contributed by atoms with E-state index in [0.717, 1.165) is 49.8 Å². The lowest BCUT2D eigenvalue weighted by atomic mass is 9.78. The van der Waals surface area contributed by atoms with Gasteiger partial charge in [-0.1, -0.05) is 75.0 Å². The summed E-state index contributed by atoms with van der Waals surface area (Å²) >= 11 is 8.79. The molecular weight excluding hydrogens is 1370 g/mol. The van der Waals surface area contributed by atoms with Gasteiger partial charge in [-0.15, -0.1) is 23.9 Å². The van der Waals surface area contributed by atoms with Crippen LogP contribution in [0.3, 0.4) is 0 Å². The van der Waals surface area contributed by atoms with Gasteiger partial charge < -0.3 is 56.0 Å². The van der Waals surface area contributed by atoms with Crippen LogP contribution in [0, 0.1) is 41.9 Å². The molecular formula is C68H104ClF3IN11O11. The Morgan fingerprint density at radius 3 is 1.91 bits per heavy atom. The number of halogens is 5. The van der Waals surface area contributed by atoms with E-state index in [4.69, 9.17) is 18.0 Å². The van der Waals surface area contributed by atoms with Crippen molar-refractivity contribution in [1.82, 2.24) is 56.0 Å². The number of carbonyl (C=O) groups excluding carboxylic acids is 11. The summed E-state index contributed by atoms with van der Waals surface area (Å²) in [6.07, 6.45) is 11.4. The second-order valence-corrected chi connectivity index (χ2v) is 30.9. The van der Waals surface area contributed by atoms with E-state index < -0.39 is 155 Å². The maximum Gasteiger partial charge on any atom is 0.393 e. The van der Waals surface area contributed by atoms with Crippen molar-refractivity contribution in [2.24, 2.45) is 29.6 Å². The molecule has 7 fully saturated rings. The van der Waals surface area contributed by atoms with Crippen LogP contribution in [0.2, 0.25) is 0 Å². The molecule has 22 nitrogen and oxygen atoms in total. The van der Waals surface area contributed by atoms with Gasteiger partial charge >= 0.3 is 6.18 Å². The minimum absolute atomic E-state index is 0.0140. The third kappa shape index (κ3) is 19.3. The first kappa shape index (κ1) is 76.9. The summed E-state index contributed by atoms with van der Waals surface area (Å²) in [7, 11) is 5.83. The van der Waals surface area contributed by atoms with Gasteiger partial charge in [0, 0.05) is 69.5 Å². The SMILES string of the molecule is C#CCC[C@H]1C(=O)N[C@@H]([C@@H](C)CC)C(=O)N(C)[C@@H](C)C(=O)N2CC[C@H]2C(=O)N[C@@H](CC2CCC(I)CC2)C(=O)N(C)CC(=O)N[C@@H](CCC2CCC(C(F)(F)F)C(Cl)C2)C(=O)N2CCC[C@H]2C(=O)NC2(CCCC2)C(=O)N(C)[C@@H](C2CCCCC2)C(=O)N[C@H](C)CC(=O)N1C. The number of rotatable bonds is 10. The van der Waals surface area contributed by atoms with Crippen LogP contribution in [0.1, 0.15) is 195 Å². The Labute approximate surface area is 577 Å². The number of carbonyl (C=O) groups is 11. The number of nitrogens with one attached hydrogen (secondary N) is 5. The fraction of sp³-hybridized carbons (Fsp3) is 0.809. The van der Waals surface area contributed by atoms with Crippen molar-refractivity contribution in [1.29, 1.82) is 0 Å². The lowest BCUT2D eigenvalue weighted by Gasteiger charge is -2.43. The number of amides is 11. The fourth-order valence-electron chi connectivity index (χ4n) is 15.6. The molecule has 11 amide bonds. The predicted molar refractivity (Wildman–Crippen MR) is 359 cm³/mol. The Kier molecular flexibility index (Phi) is 27.8. The molecule has 13 atom stereocenters. The van der Waals surface area contributed by atoms with Gasteiger partial charge in [-0.3, -0.25) is 52.7 Å². The molecule has 3 heterocycles. The van der Waals surface area contributed by atoms with Crippen molar-refractivity contribution in [3.05, 3.63) is 0 Å². The summed E-state index contributed by atoms with van der Waals surface area (Å²) in [5.74, 6) is -6.80. The third-order valence-corrected chi connectivity index (χ3v) is 23.7. The molecule has 3 unspecified atom stereocenters. The average molecular weight is 1470 g/mol. The highest BCUT2D eigenvalue weighted by Crippen LogP contribution is 2.44. The van der Waals surface area contributed by atoms with Crippen LogP contribution < -0.4 is 26.6 Å². The van der Waals surface area contributed by atoms with E-state index in [0.29, 0.717) is 42.4 Å². The number of hydrogen-bond donors (Lipinski definition) is 5. The fourth-order valence-corrected chi connectivity index (χ4v) is 16.9. The Morgan fingerprint density at radius 1 is 0.653 bits per heavy atom. The molecule has 1 spiro atoms. The maximum atomic E-state index is 15.3. The van der Waals surface area contributed by atoms with Gasteiger partial charge in [0.1, 0.15) is 53.9 Å². The number of hydrogen-bond acceptors (Lipinski definition) is 11. The van der Waals surface area contributed by atoms with Gasteiger partial charge in [-0.2, -0.15) is 13.2 Å². The van der Waals surface area contributed by atoms with Crippen LogP contribution in [-0.4, -0.2) is 218 Å². The molecule has 0 aromatic heterocycles.